The van der Waals surface area contributed by atoms with E-state index in [-0.39, 0.29) is 17.7 Å². The molecule has 0 saturated carbocycles. The van der Waals surface area contributed by atoms with E-state index in [1.165, 1.54) is 12.5 Å². The third-order valence-corrected chi connectivity index (χ3v) is 3.73. The van der Waals surface area contributed by atoms with E-state index in [1.807, 2.05) is 24.3 Å². The van der Waals surface area contributed by atoms with Crippen LogP contribution in [0.2, 0.25) is 0 Å². The first-order valence-electron chi connectivity index (χ1n) is 7.20. The molecule has 4 heteroatoms. The van der Waals surface area contributed by atoms with Crippen LogP contribution in [0.5, 0.6) is 0 Å². The van der Waals surface area contributed by atoms with Crippen LogP contribution in [0.1, 0.15) is 36.2 Å². The third-order valence-electron chi connectivity index (χ3n) is 3.73. The predicted octanol–water partition coefficient (Wildman–Crippen LogP) is 1.64. The van der Waals surface area contributed by atoms with Crippen molar-refractivity contribution in [1.82, 2.24) is 10.2 Å². The van der Waals surface area contributed by atoms with Crippen LogP contribution in [0.4, 0.5) is 0 Å². The van der Waals surface area contributed by atoms with E-state index in [2.05, 4.69) is 17.1 Å². The molecule has 4 nitrogen and oxygen atoms in total. The van der Waals surface area contributed by atoms with Crippen LogP contribution in [0.3, 0.4) is 0 Å². The topological polar surface area (TPSA) is 49.4 Å². The third kappa shape index (κ3) is 3.90. The van der Waals surface area contributed by atoms with Gasteiger partial charge in [0, 0.05) is 31.6 Å². The Morgan fingerprint density at radius 3 is 2.60 bits per heavy atom. The number of hydrogen-bond donors (Lipinski definition) is 1. The Kier molecular flexibility index (Phi) is 4.90. The van der Waals surface area contributed by atoms with E-state index in [1.54, 1.807) is 0 Å². The quantitative estimate of drug-likeness (QED) is 0.830. The second-order valence-corrected chi connectivity index (χ2v) is 5.39. The number of Topliss-reactive ketones (excluding diaryl/α,β-unsaturated/α-hetero) is 1. The van der Waals surface area contributed by atoms with Gasteiger partial charge in [0.15, 0.2) is 5.78 Å². The molecule has 1 heterocycles. The molecule has 1 aromatic carbocycles. The zero-order valence-corrected chi connectivity index (χ0v) is 12.2. The van der Waals surface area contributed by atoms with E-state index in [9.17, 15) is 9.59 Å². The molecule has 1 amide bonds. The summed E-state index contributed by atoms with van der Waals surface area (Å²) in [5.41, 5.74) is 2.01. The number of carbonyl (C=O) groups excluding carboxylic acids is 2. The fourth-order valence-electron chi connectivity index (χ4n) is 2.60. The molecule has 1 aliphatic heterocycles. The van der Waals surface area contributed by atoms with Gasteiger partial charge in [-0.2, -0.15) is 0 Å². The molecule has 1 N–H and O–H groups in total. The van der Waals surface area contributed by atoms with Crippen molar-refractivity contribution in [3.63, 3.8) is 0 Å². The molecular weight excluding hydrogens is 252 g/mol. The molecule has 1 unspecified atom stereocenters. The molecule has 0 spiro atoms. The van der Waals surface area contributed by atoms with Gasteiger partial charge >= 0.3 is 0 Å². The first kappa shape index (κ1) is 14.7. The van der Waals surface area contributed by atoms with Crippen LogP contribution in [0, 0.1) is 0 Å². The lowest BCUT2D eigenvalue weighted by molar-refractivity contribution is -0.119. The van der Waals surface area contributed by atoms with Gasteiger partial charge in [-0.1, -0.05) is 31.2 Å². The maximum Gasteiger partial charge on any atom is 0.217 e. The van der Waals surface area contributed by atoms with Gasteiger partial charge < -0.3 is 5.32 Å². The van der Waals surface area contributed by atoms with Gasteiger partial charge in [-0.05, 0) is 18.4 Å². The van der Waals surface area contributed by atoms with Crippen molar-refractivity contribution >= 4 is 11.7 Å². The molecule has 1 aromatic rings. The maximum atomic E-state index is 12.2. The maximum absolute atomic E-state index is 12.2. The molecule has 0 bridgehead atoms. The SMILES string of the molecule is CCc1ccc(C(=O)CN2CCC(NC(C)=O)C2)cc1. The monoisotopic (exact) mass is 274 g/mol. The lowest BCUT2D eigenvalue weighted by Gasteiger charge is -2.15. The Hall–Kier alpha value is -1.68. The number of ketones is 1. The van der Waals surface area contributed by atoms with Gasteiger partial charge in [0.25, 0.3) is 0 Å². The van der Waals surface area contributed by atoms with Crippen molar-refractivity contribution in [3.05, 3.63) is 35.4 Å². The molecular formula is C16H22N2O2. The van der Waals surface area contributed by atoms with Crippen molar-refractivity contribution in [1.29, 1.82) is 0 Å². The number of hydrogen-bond acceptors (Lipinski definition) is 3. The molecule has 2 rings (SSSR count). The van der Waals surface area contributed by atoms with Crippen LogP contribution >= 0.6 is 0 Å². The Labute approximate surface area is 120 Å². The molecule has 20 heavy (non-hydrogen) atoms. The Morgan fingerprint density at radius 2 is 2.00 bits per heavy atom. The highest BCUT2D eigenvalue weighted by molar-refractivity contribution is 5.97. The summed E-state index contributed by atoms with van der Waals surface area (Å²) < 4.78 is 0. The van der Waals surface area contributed by atoms with Gasteiger partial charge in [-0.25, -0.2) is 0 Å². The van der Waals surface area contributed by atoms with Gasteiger partial charge in [0.1, 0.15) is 0 Å². The number of nitrogens with one attached hydrogen (secondary N) is 1. The largest absolute Gasteiger partial charge is 0.352 e. The summed E-state index contributed by atoms with van der Waals surface area (Å²) in [6.45, 7) is 5.69. The van der Waals surface area contributed by atoms with E-state index in [0.29, 0.717) is 6.54 Å². The number of amides is 1. The van der Waals surface area contributed by atoms with Crippen LogP contribution in [-0.4, -0.2) is 42.3 Å². The highest BCUT2D eigenvalue weighted by Gasteiger charge is 2.24. The Bertz CT molecular complexity index is 482. The predicted molar refractivity (Wildman–Crippen MR) is 78.8 cm³/mol. The van der Waals surface area contributed by atoms with Crippen LogP contribution in [-0.2, 0) is 11.2 Å². The lowest BCUT2D eigenvalue weighted by atomic mass is 10.1. The molecule has 108 valence electrons. The average molecular weight is 274 g/mol. The number of aryl methyl sites for hydroxylation is 1. The minimum Gasteiger partial charge on any atom is -0.352 e. The normalized spacial score (nSPS) is 19.0. The fourth-order valence-corrected chi connectivity index (χ4v) is 2.60. The fraction of sp³-hybridized carbons (Fsp3) is 0.500. The van der Waals surface area contributed by atoms with Crippen molar-refractivity contribution in [2.24, 2.45) is 0 Å². The van der Waals surface area contributed by atoms with Crippen molar-refractivity contribution in [2.75, 3.05) is 19.6 Å². The highest BCUT2D eigenvalue weighted by atomic mass is 16.1. The number of nitrogens with zero attached hydrogens (tertiary/aromatic N) is 1. The summed E-state index contributed by atoms with van der Waals surface area (Å²) in [7, 11) is 0. The second-order valence-electron chi connectivity index (χ2n) is 5.39. The number of likely N-dealkylation sites (tertiary alicyclic amines) is 1. The summed E-state index contributed by atoms with van der Waals surface area (Å²) in [6.07, 6.45) is 1.90. The molecule has 1 atom stereocenters. The Morgan fingerprint density at radius 1 is 1.30 bits per heavy atom. The van der Waals surface area contributed by atoms with E-state index >= 15 is 0 Å². The number of carbonyl (C=O) groups is 2. The molecule has 0 radical (unpaired) electrons. The number of rotatable bonds is 5. The van der Waals surface area contributed by atoms with Gasteiger partial charge in [-0.15, -0.1) is 0 Å². The summed E-state index contributed by atoms with van der Waals surface area (Å²) in [5.74, 6) is 0.148. The number of benzene rings is 1. The van der Waals surface area contributed by atoms with Gasteiger partial charge in [-0.3, -0.25) is 14.5 Å². The minimum atomic E-state index is -0.00155. The van der Waals surface area contributed by atoms with Crippen LogP contribution in [0.15, 0.2) is 24.3 Å². The summed E-state index contributed by atoms with van der Waals surface area (Å²) in [6, 6.07) is 8.02. The van der Waals surface area contributed by atoms with Crippen molar-refractivity contribution in [3.8, 4) is 0 Å². The van der Waals surface area contributed by atoms with E-state index < -0.39 is 0 Å². The molecule has 1 saturated heterocycles. The smallest absolute Gasteiger partial charge is 0.217 e. The first-order valence-corrected chi connectivity index (χ1v) is 7.20. The van der Waals surface area contributed by atoms with E-state index in [0.717, 1.165) is 31.5 Å². The van der Waals surface area contributed by atoms with Gasteiger partial charge in [0.05, 0.1) is 6.54 Å². The van der Waals surface area contributed by atoms with Crippen LogP contribution in [0.25, 0.3) is 0 Å². The molecule has 0 aromatic heterocycles. The second kappa shape index (κ2) is 6.66. The molecule has 0 aliphatic carbocycles. The van der Waals surface area contributed by atoms with Crippen LogP contribution < -0.4 is 5.32 Å². The van der Waals surface area contributed by atoms with Gasteiger partial charge in [0.2, 0.25) is 5.91 Å². The molecule has 1 aliphatic rings. The Balaban J connectivity index is 1.87. The zero-order chi connectivity index (χ0) is 14.5. The molecule has 1 fully saturated rings. The summed E-state index contributed by atoms with van der Waals surface area (Å²) in [5, 5.41) is 2.91. The highest BCUT2D eigenvalue weighted by Crippen LogP contribution is 2.11. The standard InChI is InChI=1S/C16H22N2O2/c1-3-13-4-6-14(7-5-13)16(20)11-18-9-8-15(10-18)17-12(2)19/h4-7,15H,3,8-11H2,1-2H3,(H,17,19). The first-order chi connectivity index (χ1) is 9.58. The summed E-state index contributed by atoms with van der Waals surface area (Å²) in [4.78, 5) is 25.3. The van der Waals surface area contributed by atoms with Crippen molar-refractivity contribution < 1.29 is 9.59 Å². The summed E-state index contributed by atoms with van der Waals surface area (Å²) >= 11 is 0. The van der Waals surface area contributed by atoms with E-state index in [4.69, 9.17) is 0 Å². The average Bonchev–Trinajstić information content (AvgIpc) is 2.85. The van der Waals surface area contributed by atoms with Crippen molar-refractivity contribution in [2.45, 2.75) is 32.7 Å². The zero-order valence-electron chi connectivity index (χ0n) is 12.2. The minimum absolute atomic E-state index is 0.00155. The lowest BCUT2D eigenvalue weighted by Crippen LogP contribution is -2.36.